The number of carbonyl (C=O) groups is 5. The largest absolute Gasteiger partial charge is 0.489 e. The van der Waals surface area contributed by atoms with Crippen LogP contribution in [0.2, 0.25) is 0 Å². The van der Waals surface area contributed by atoms with Crippen molar-refractivity contribution in [1.29, 1.82) is 0 Å². The molecule has 0 unspecified atom stereocenters. The molecule has 0 N–H and O–H groups in total. The summed E-state index contributed by atoms with van der Waals surface area (Å²) >= 11 is 0. The van der Waals surface area contributed by atoms with Crippen molar-refractivity contribution in [2.45, 2.75) is 63.7 Å². The van der Waals surface area contributed by atoms with Crippen LogP contribution >= 0.6 is 0 Å². The second-order valence-electron chi connectivity index (χ2n) is 21.1. The van der Waals surface area contributed by atoms with Crippen LogP contribution in [0.1, 0.15) is 79.6 Å². The van der Waals surface area contributed by atoms with Crippen LogP contribution in [0.3, 0.4) is 0 Å². The molecule has 0 radical (unpaired) electrons. The Bertz CT molecular complexity index is 3990. The normalized spacial score (nSPS) is 15.7. The molecule has 0 amide bonds. The first-order valence-electron chi connectivity index (χ1n) is 29.6. The van der Waals surface area contributed by atoms with Crippen LogP contribution in [-0.2, 0) is 61.5 Å². The van der Waals surface area contributed by atoms with E-state index in [9.17, 15) is 24.0 Å². The molecule has 0 aliphatic carbocycles. The molecule has 1 aliphatic heterocycles. The summed E-state index contributed by atoms with van der Waals surface area (Å²) in [4.78, 5) is 72.9. The van der Waals surface area contributed by atoms with Gasteiger partial charge in [0.25, 0.3) is 0 Å². The Hall–Kier alpha value is -11.5. The number of ether oxygens (including phenoxy) is 11. The van der Waals surface area contributed by atoms with E-state index in [-0.39, 0.29) is 60.9 Å². The number of benzene rings is 10. The van der Waals surface area contributed by atoms with Gasteiger partial charge in [-0.1, -0.05) is 152 Å². The minimum atomic E-state index is -1.96. The number of hydrogen-bond donors (Lipinski definition) is 0. The molecule has 0 aromatic heterocycles. The van der Waals surface area contributed by atoms with Crippen molar-refractivity contribution in [2.24, 2.45) is 0 Å². The Morgan fingerprint density at radius 1 is 0.261 bits per heavy atom. The quantitative estimate of drug-likeness (QED) is 0.0368. The van der Waals surface area contributed by atoms with Crippen LogP contribution < -0.4 is 23.7 Å². The summed E-state index contributed by atoms with van der Waals surface area (Å²) in [5.74, 6) is -2.52. The molecular formula is C76H62O16. The molecule has 0 bridgehead atoms. The summed E-state index contributed by atoms with van der Waals surface area (Å²) in [6, 6.07) is 78.3. The van der Waals surface area contributed by atoms with Crippen molar-refractivity contribution in [3.63, 3.8) is 0 Å². The first-order chi connectivity index (χ1) is 45.1. The van der Waals surface area contributed by atoms with Crippen LogP contribution in [0.25, 0.3) is 0 Å². The molecule has 10 aromatic rings. The van der Waals surface area contributed by atoms with Gasteiger partial charge in [0.2, 0.25) is 12.4 Å². The molecule has 1 saturated heterocycles. The van der Waals surface area contributed by atoms with Crippen LogP contribution in [0, 0.1) is 0 Å². The number of rotatable bonds is 26. The van der Waals surface area contributed by atoms with Crippen LogP contribution in [0.15, 0.2) is 273 Å². The molecular weight excluding hydrogens is 1170 g/mol. The highest BCUT2D eigenvalue weighted by molar-refractivity contribution is 5.92. The second-order valence-corrected chi connectivity index (χ2v) is 21.1. The highest BCUT2D eigenvalue weighted by atomic mass is 16.7. The second kappa shape index (κ2) is 31.1. The predicted octanol–water partition coefficient (Wildman–Crippen LogP) is 14.0. The van der Waals surface area contributed by atoms with Gasteiger partial charge in [-0.3, -0.25) is 0 Å². The van der Waals surface area contributed by atoms with Gasteiger partial charge in [0.15, 0.2) is 12.2 Å². The highest BCUT2D eigenvalue weighted by Crippen LogP contribution is 2.34. The highest BCUT2D eigenvalue weighted by Gasteiger charge is 2.55. The average Bonchev–Trinajstić information content (AvgIpc) is 0.821. The lowest BCUT2D eigenvalue weighted by molar-refractivity contribution is -0.282. The van der Waals surface area contributed by atoms with E-state index in [1.54, 1.807) is 60.7 Å². The first kappa shape index (κ1) is 62.1. The number of carbonyl (C=O) groups excluding carboxylic acids is 5. The fraction of sp³-hybridized carbons (Fsp3) is 0.145. The predicted molar refractivity (Wildman–Crippen MR) is 338 cm³/mol. The van der Waals surface area contributed by atoms with Gasteiger partial charge in [-0.25, -0.2) is 24.0 Å². The molecule has 0 spiro atoms. The molecule has 0 saturated carbocycles. The van der Waals surface area contributed by atoms with Crippen LogP contribution in [-0.4, -0.2) is 67.2 Å². The molecule has 462 valence electrons. The molecule has 10 aromatic carbocycles. The molecule has 92 heavy (non-hydrogen) atoms. The third-order valence-electron chi connectivity index (χ3n) is 14.6. The van der Waals surface area contributed by atoms with Crippen molar-refractivity contribution >= 4 is 29.8 Å². The Kier molecular flexibility index (Phi) is 21.0. The fourth-order valence-corrected chi connectivity index (χ4v) is 9.64. The van der Waals surface area contributed by atoms with Crippen LogP contribution in [0.5, 0.6) is 28.7 Å². The summed E-state index contributed by atoms with van der Waals surface area (Å²) in [5, 5.41) is 0. The number of esters is 5. The zero-order valence-corrected chi connectivity index (χ0v) is 49.6. The van der Waals surface area contributed by atoms with Gasteiger partial charge in [0.1, 0.15) is 74.5 Å². The lowest BCUT2D eigenvalue weighted by atomic mass is 9.97. The Labute approximate surface area is 531 Å². The van der Waals surface area contributed by atoms with Gasteiger partial charge < -0.3 is 52.1 Å². The van der Waals surface area contributed by atoms with Crippen molar-refractivity contribution in [3.05, 3.63) is 329 Å². The maximum absolute atomic E-state index is 14.8. The summed E-state index contributed by atoms with van der Waals surface area (Å²) in [6.07, 6.45) is -9.14. The summed E-state index contributed by atoms with van der Waals surface area (Å²) in [5.41, 5.74) is 4.76. The third-order valence-corrected chi connectivity index (χ3v) is 14.6. The lowest BCUT2D eigenvalue weighted by Crippen LogP contribution is -2.63. The first-order valence-corrected chi connectivity index (χ1v) is 29.6. The van der Waals surface area contributed by atoms with E-state index in [0.29, 0.717) is 28.7 Å². The van der Waals surface area contributed by atoms with E-state index in [1.165, 1.54) is 60.7 Å². The molecule has 16 nitrogen and oxygen atoms in total. The monoisotopic (exact) mass is 1230 g/mol. The summed E-state index contributed by atoms with van der Waals surface area (Å²) in [6.45, 7) is 0.568. The Morgan fingerprint density at radius 3 is 0.783 bits per heavy atom. The SMILES string of the molecule is O=C(OC[C@H]1O[C@H](OC(=O)c2ccc(OCc3ccccc3)cc2)[C@H](OC(=O)c2ccc(OCc3ccccc3)cc2)[C@@H](OC(=O)c2ccc(OCc3ccccc3)cc2)[C@@H]1OC(=O)c1ccc(OCc2ccccc2)cc1)c1ccc(OCc2ccccc2)cc1. The van der Waals surface area contributed by atoms with E-state index in [2.05, 4.69) is 0 Å². The van der Waals surface area contributed by atoms with E-state index in [0.717, 1.165) is 27.8 Å². The topological polar surface area (TPSA) is 187 Å². The van der Waals surface area contributed by atoms with Crippen molar-refractivity contribution in [3.8, 4) is 28.7 Å². The molecule has 1 heterocycles. The standard InChI is InChI=1S/C76H62O16/c77-71(57-26-36-62(37-27-57)82-46-52-16-6-1-7-17-52)87-51-67-68(89-72(78)58-28-38-63(39-29-58)83-47-53-18-8-2-9-19-53)69(90-73(79)59-30-40-64(41-31-59)84-48-54-20-10-3-11-21-54)70(91-74(80)60-32-42-65(43-33-60)85-49-55-22-12-4-13-23-55)76(88-67)92-75(81)61-34-44-66(45-35-61)86-50-56-24-14-5-15-25-56/h1-45,67-70,76H,46-51H2/t67-,68-,69+,70-,76-/m1/s1. The van der Waals surface area contributed by atoms with Gasteiger partial charge in [0.05, 0.1) is 27.8 Å². The average molecular weight is 1230 g/mol. The van der Waals surface area contributed by atoms with Crippen LogP contribution in [0.4, 0.5) is 0 Å². The molecule has 5 atom stereocenters. The molecule has 16 heteroatoms. The molecule has 11 rings (SSSR count). The van der Waals surface area contributed by atoms with Gasteiger partial charge in [-0.15, -0.1) is 0 Å². The molecule has 1 aliphatic rings. The zero-order valence-electron chi connectivity index (χ0n) is 49.6. The van der Waals surface area contributed by atoms with Crippen molar-refractivity contribution in [2.75, 3.05) is 6.61 Å². The van der Waals surface area contributed by atoms with Gasteiger partial charge >= 0.3 is 29.8 Å². The van der Waals surface area contributed by atoms with Gasteiger partial charge in [0, 0.05) is 0 Å². The van der Waals surface area contributed by atoms with E-state index in [1.807, 2.05) is 152 Å². The van der Waals surface area contributed by atoms with E-state index in [4.69, 9.17) is 52.1 Å². The van der Waals surface area contributed by atoms with Gasteiger partial charge in [-0.2, -0.15) is 0 Å². The van der Waals surface area contributed by atoms with Crippen molar-refractivity contribution in [1.82, 2.24) is 0 Å². The minimum Gasteiger partial charge on any atom is -0.489 e. The zero-order chi connectivity index (χ0) is 63.3. The number of hydrogen-bond acceptors (Lipinski definition) is 16. The maximum atomic E-state index is 14.8. The summed E-state index contributed by atoms with van der Waals surface area (Å²) < 4.78 is 67.7. The molecule has 1 fully saturated rings. The van der Waals surface area contributed by atoms with E-state index >= 15 is 0 Å². The van der Waals surface area contributed by atoms with Crippen molar-refractivity contribution < 1.29 is 76.1 Å². The third kappa shape index (κ3) is 17.4. The summed E-state index contributed by atoms with van der Waals surface area (Å²) in [7, 11) is 0. The maximum Gasteiger partial charge on any atom is 0.340 e. The van der Waals surface area contributed by atoms with Gasteiger partial charge in [-0.05, 0) is 149 Å². The minimum absolute atomic E-state index is 0.0000488. The van der Waals surface area contributed by atoms with E-state index < -0.39 is 67.2 Å². The Balaban J connectivity index is 0.924. The lowest BCUT2D eigenvalue weighted by Gasteiger charge is -2.43. The Morgan fingerprint density at radius 2 is 0.500 bits per heavy atom. The smallest absolute Gasteiger partial charge is 0.340 e. The fourth-order valence-electron chi connectivity index (χ4n) is 9.64.